The Morgan fingerprint density at radius 2 is 2.06 bits per heavy atom. The molecule has 2 aromatic heterocycles. The van der Waals surface area contributed by atoms with Gasteiger partial charge in [0, 0.05) is 12.8 Å². The number of pyridine rings is 1. The van der Waals surface area contributed by atoms with Crippen LogP contribution in [0.15, 0.2) is 58.4 Å². The molecular formula is C24H21N3O4S2. The van der Waals surface area contributed by atoms with Crippen molar-refractivity contribution < 1.29 is 14.3 Å². The number of para-hydroxylation sites is 1. The van der Waals surface area contributed by atoms with Crippen molar-refractivity contribution in [3.05, 3.63) is 75.0 Å². The molecule has 5 rings (SSSR count). The zero-order valence-electron chi connectivity index (χ0n) is 17.9. The molecule has 1 atom stereocenters. The lowest BCUT2D eigenvalue weighted by Crippen LogP contribution is -2.35. The van der Waals surface area contributed by atoms with Crippen molar-refractivity contribution in [2.75, 3.05) is 13.2 Å². The molecule has 2 aliphatic rings. The summed E-state index contributed by atoms with van der Waals surface area (Å²) >= 11 is 6.63. The second-order valence-corrected chi connectivity index (χ2v) is 9.54. The number of carbonyl (C=O) groups is 1. The maximum atomic E-state index is 13.4. The molecule has 2 fully saturated rings. The van der Waals surface area contributed by atoms with Crippen LogP contribution in [0.2, 0.25) is 0 Å². The van der Waals surface area contributed by atoms with Gasteiger partial charge in [-0.2, -0.15) is 4.98 Å². The standard InChI is InChI=1S/C24H21N3O4S2/c1-15-7-2-3-9-18(15)31-21-17(22(28)26-11-5-4-10-20(26)25-21)13-19-23(29)27(24(32)33-19)14-16-8-6-12-30-16/h2-5,7,9-11,13,16H,6,8,12,14H2,1H3/b19-13+. The molecular weight excluding hydrogens is 458 g/mol. The molecule has 1 aromatic carbocycles. The van der Waals surface area contributed by atoms with Crippen LogP contribution in [0.1, 0.15) is 24.0 Å². The molecule has 3 aromatic rings. The number of nitrogens with zero attached hydrogens (tertiary/aromatic N) is 3. The number of carbonyl (C=O) groups excluding carboxylic acids is 1. The molecule has 0 radical (unpaired) electrons. The van der Waals surface area contributed by atoms with E-state index in [-0.39, 0.29) is 29.0 Å². The Bertz CT molecular complexity index is 1350. The molecule has 2 saturated heterocycles. The number of ether oxygens (including phenoxy) is 2. The van der Waals surface area contributed by atoms with E-state index in [1.165, 1.54) is 22.2 Å². The van der Waals surface area contributed by atoms with E-state index in [2.05, 4.69) is 4.98 Å². The van der Waals surface area contributed by atoms with Crippen molar-refractivity contribution in [2.24, 2.45) is 0 Å². The number of hydrogen-bond donors (Lipinski definition) is 0. The highest BCUT2D eigenvalue weighted by molar-refractivity contribution is 8.26. The number of fused-ring (bicyclic) bond motifs is 1. The second kappa shape index (κ2) is 9.09. The summed E-state index contributed by atoms with van der Waals surface area (Å²) in [5, 5.41) is 0. The predicted molar refractivity (Wildman–Crippen MR) is 132 cm³/mol. The van der Waals surface area contributed by atoms with Gasteiger partial charge in [0.05, 0.1) is 17.6 Å². The van der Waals surface area contributed by atoms with Crippen LogP contribution in [0.25, 0.3) is 11.7 Å². The first-order valence-corrected chi connectivity index (χ1v) is 11.9. The van der Waals surface area contributed by atoms with Crippen molar-refractivity contribution in [1.82, 2.24) is 14.3 Å². The van der Waals surface area contributed by atoms with Crippen LogP contribution < -0.4 is 10.3 Å². The number of rotatable bonds is 5. The lowest BCUT2D eigenvalue weighted by Gasteiger charge is -2.18. The van der Waals surface area contributed by atoms with Gasteiger partial charge in [0.25, 0.3) is 11.5 Å². The number of aromatic nitrogens is 2. The van der Waals surface area contributed by atoms with Gasteiger partial charge in [-0.15, -0.1) is 0 Å². The monoisotopic (exact) mass is 479 g/mol. The molecule has 33 heavy (non-hydrogen) atoms. The SMILES string of the molecule is Cc1ccccc1Oc1nc2ccccn2c(=O)c1/C=C1/SC(=S)N(CC2CCCO2)C1=O. The Morgan fingerprint density at radius 3 is 2.85 bits per heavy atom. The fraction of sp³-hybridized carbons (Fsp3) is 0.250. The average molecular weight is 480 g/mol. The molecule has 0 N–H and O–H groups in total. The quantitative estimate of drug-likeness (QED) is 0.402. The highest BCUT2D eigenvalue weighted by atomic mass is 32.2. The van der Waals surface area contributed by atoms with Gasteiger partial charge in [-0.25, -0.2) is 0 Å². The maximum Gasteiger partial charge on any atom is 0.269 e. The number of thioether (sulfide) groups is 1. The third-order valence-electron chi connectivity index (χ3n) is 5.59. The van der Waals surface area contributed by atoms with Crippen molar-refractivity contribution >= 4 is 45.9 Å². The van der Waals surface area contributed by atoms with Crippen molar-refractivity contribution in [2.45, 2.75) is 25.9 Å². The summed E-state index contributed by atoms with van der Waals surface area (Å²) in [5.74, 6) is 0.495. The molecule has 0 bridgehead atoms. The molecule has 1 amide bonds. The summed E-state index contributed by atoms with van der Waals surface area (Å²) < 4.78 is 13.6. The summed E-state index contributed by atoms with van der Waals surface area (Å²) in [6, 6.07) is 12.8. The smallest absolute Gasteiger partial charge is 0.269 e. The van der Waals surface area contributed by atoms with Crippen LogP contribution >= 0.6 is 24.0 Å². The van der Waals surface area contributed by atoms with E-state index in [1.807, 2.05) is 31.2 Å². The number of benzene rings is 1. The molecule has 9 heteroatoms. The molecule has 168 valence electrons. The Morgan fingerprint density at radius 1 is 1.24 bits per heavy atom. The third kappa shape index (κ3) is 4.31. The van der Waals surface area contributed by atoms with Crippen LogP contribution in [-0.2, 0) is 9.53 Å². The normalized spacial score (nSPS) is 19.7. The molecule has 2 aliphatic heterocycles. The Labute approximate surface area is 200 Å². The van der Waals surface area contributed by atoms with Gasteiger partial charge in [-0.3, -0.25) is 18.9 Å². The molecule has 0 aliphatic carbocycles. The molecule has 1 unspecified atom stereocenters. The summed E-state index contributed by atoms with van der Waals surface area (Å²) in [7, 11) is 0. The maximum absolute atomic E-state index is 13.4. The number of amides is 1. The fourth-order valence-corrected chi connectivity index (χ4v) is 5.10. The van der Waals surface area contributed by atoms with Crippen LogP contribution in [0.3, 0.4) is 0 Å². The first-order chi connectivity index (χ1) is 16.0. The van der Waals surface area contributed by atoms with E-state index >= 15 is 0 Å². The highest BCUT2D eigenvalue weighted by Gasteiger charge is 2.35. The van der Waals surface area contributed by atoms with Gasteiger partial charge >= 0.3 is 0 Å². The van der Waals surface area contributed by atoms with Gasteiger partial charge in [0.15, 0.2) is 0 Å². The van der Waals surface area contributed by atoms with Crippen LogP contribution in [0.5, 0.6) is 11.6 Å². The number of thiocarbonyl (C=S) groups is 1. The summed E-state index contributed by atoms with van der Waals surface area (Å²) in [6.45, 7) is 3.04. The van der Waals surface area contributed by atoms with Gasteiger partial charge in [-0.1, -0.05) is 48.2 Å². The van der Waals surface area contributed by atoms with E-state index in [4.69, 9.17) is 21.7 Å². The van der Waals surface area contributed by atoms with Gasteiger partial charge in [0.1, 0.15) is 21.3 Å². The lowest BCUT2D eigenvalue weighted by atomic mass is 10.2. The molecule has 0 spiro atoms. The largest absolute Gasteiger partial charge is 0.438 e. The number of aryl methyl sites for hydroxylation is 1. The van der Waals surface area contributed by atoms with Crippen molar-refractivity contribution in [3.63, 3.8) is 0 Å². The van der Waals surface area contributed by atoms with E-state index in [9.17, 15) is 9.59 Å². The lowest BCUT2D eigenvalue weighted by molar-refractivity contribution is -0.123. The molecule has 7 nitrogen and oxygen atoms in total. The van der Waals surface area contributed by atoms with E-state index in [1.54, 1.807) is 29.3 Å². The van der Waals surface area contributed by atoms with Crippen molar-refractivity contribution in [3.8, 4) is 11.6 Å². The van der Waals surface area contributed by atoms with E-state index < -0.39 is 0 Å². The Hall–Kier alpha value is -3.01. The summed E-state index contributed by atoms with van der Waals surface area (Å²) in [4.78, 5) is 33.0. The fourth-order valence-electron chi connectivity index (χ4n) is 3.84. The third-order valence-corrected chi connectivity index (χ3v) is 6.97. The Balaban J connectivity index is 1.56. The van der Waals surface area contributed by atoms with Gasteiger partial charge in [-0.05, 0) is 49.6 Å². The first kappa shape index (κ1) is 21.8. The predicted octanol–water partition coefficient (Wildman–Crippen LogP) is 4.18. The van der Waals surface area contributed by atoms with Crippen LogP contribution in [0.4, 0.5) is 0 Å². The second-order valence-electron chi connectivity index (χ2n) is 7.86. The van der Waals surface area contributed by atoms with E-state index in [0.717, 1.165) is 18.4 Å². The van der Waals surface area contributed by atoms with Gasteiger partial charge < -0.3 is 9.47 Å². The average Bonchev–Trinajstić information content (AvgIpc) is 3.42. The highest BCUT2D eigenvalue weighted by Crippen LogP contribution is 2.35. The van der Waals surface area contributed by atoms with Gasteiger partial charge in [0.2, 0.25) is 5.88 Å². The topological polar surface area (TPSA) is 73.1 Å². The Kier molecular flexibility index (Phi) is 6.01. The zero-order valence-corrected chi connectivity index (χ0v) is 19.5. The van der Waals surface area contributed by atoms with E-state index in [0.29, 0.717) is 33.8 Å². The molecule has 0 saturated carbocycles. The van der Waals surface area contributed by atoms with Crippen molar-refractivity contribution in [1.29, 1.82) is 0 Å². The summed E-state index contributed by atoms with van der Waals surface area (Å²) in [5.41, 5.74) is 1.23. The minimum absolute atomic E-state index is 0.0141. The summed E-state index contributed by atoms with van der Waals surface area (Å²) in [6.07, 6.45) is 5.05. The van der Waals surface area contributed by atoms with Crippen LogP contribution in [0, 0.1) is 6.92 Å². The number of hydrogen-bond acceptors (Lipinski definition) is 7. The van der Waals surface area contributed by atoms with Crippen LogP contribution in [-0.4, -0.2) is 43.8 Å². The minimum atomic E-state index is -0.325. The molecule has 4 heterocycles. The minimum Gasteiger partial charge on any atom is -0.438 e. The zero-order chi connectivity index (χ0) is 22.9. The first-order valence-electron chi connectivity index (χ1n) is 10.6.